The Morgan fingerprint density at radius 3 is 2.54 bits per heavy atom. The molecule has 2 N–H and O–H groups in total. The van der Waals surface area contributed by atoms with Crippen LogP contribution in [0.1, 0.15) is 16.8 Å². The fourth-order valence-electron chi connectivity index (χ4n) is 2.69. The quantitative estimate of drug-likeness (QED) is 0.448. The number of hydrogen-bond acceptors (Lipinski definition) is 5. The number of nitrogens with one attached hydrogen (secondary N) is 2. The van der Waals surface area contributed by atoms with Crippen molar-refractivity contribution in [2.45, 2.75) is 29.1 Å². The maximum absolute atomic E-state index is 12.5. The zero-order chi connectivity index (χ0) is 19.9. The molecule has 0 fully saturated rings. The van der Waals surface area contributed by atoms with E-state index in [4.69, 9.17) is 0 Å². The van der Waals surface area contributed by atoms with Gasteiger partial charge in [0.05, 0.1) is 12.1 Å². The third-order valence-corrected chi connectivity index (χ3v) is 5.88. The Morgan fingerprint density at radius 2 is 1.82 bits per heavy atom. The van der Waals surface area contributed by atoms with Gasteiger partial charge in [0.2, 0.25) is 5.91 Å². The molecule has 0 saturated carbocycles. The average molecular weight is 412 g/mol. The van der Waals surface area contributed by atoms with E-state index in [0.29, 0.717) is 22.2 Å². The van der Waals surface area contributed by atoms with Gasteiger partial charge in [-0.3, -0.25) is 9.59 Å². The lowest BCUT2D eigenvalue weighted by Gasteiger charge is -2.10. The highest BCUT2D eigenvalue weighted by Gasteiger charge is 2.14. The summed E-state index contributed by atoms with van der Waals surface area (Å²) in [5.41, 5.74) is 2.60. The van der Waals surface area contributed by atoms with Gasteiger partial charge in [-0.2, -0.15) is 0 Å². The molecule has 0 aliphatic heterocycles. The van der Waals surface area contributed by atoms with E-state index >= 15 is 0 Å². The Hall–Kier alpha value is -2.51. The molecule has 3 rings (SSSR count). The molecule has 7 heteroatoms. The topological polar surface area (TPSA) is 74.8 Å². The van der Waals surface area contributed by atoms with Crippen molar-refractivity contribution in [3.8, 4) is 0 Å². The largest absolute Gasteiger partial charge is 0.325 e. The second kappa shape index (κ2) is 9.61. The molecule has 0 unspecified atom stereocenters. The summed E-state index contributed by atoms with van der Waals surface area (Å²) in [4.78, 5) is 33.2. The first kappa shape index (κ1) is 20.2. The summed E-state index contributed by atoms with van der Waals surface area (Å²) >= 11 is 3.02. The van der Waals surface area contributed by atoms with Crippen LogP contribution in [0.25, 0.3) is 0 Å². The Labute approximate surface area is 172 Å². The van der Waals surface area contributed by atoms with Crippen LogP contribution in [0.2, 0.25) is 0 Å². The third-order valence-electron chi connectivity index (χ3n) is 4.14. The van der Waals surface area contributed by atoms with Crippen LogP contribution in [0.4, 0.5) is 5.69 Å². The van der Waals surface area contributed by atoms with E-state index in [-0.39, 0.29) is 17.9 Å². The monoisotopic (exact) mass is 411 g/mol. The van der Waals surface area contributed by atoms with Crippen LogP contribution < -0.4 is 10.9 Å². The number of para-hydroxylation sites is 1. The van der Waals surface area contributed by atoms with E-state index in [1.54, 1.807) is 18.7 Å². The molecule has 0 radical (unpaired) electrons. The number of aromatic nitrogens is 2. The van der Waals surface area contributed by atoms with Gasteiger partial charge in [0.15, 0.2) is 5.16 Å². The summed E-state index contributed by atoms with van der Waals surface area (Å²) < 4.78 is 0. The SMILES string of the molecule is CSc1ccccc1NC(=O)Cc1c(C)nc(SCc2ccccc2)[nH]c1=O. The van der Waals surface area contributed by atoms with Gasteiger partial charge in [-0.25, -0.2) is 4.98 Å². The van der Waals surface area contributed by atoms with Crippen LogP contribution in [0.5, 0.6) is 0 Å². The van der Waals surface area contributed by atoms with Gasteiger partial charge >= 0.3 is 0 Å². The van der Waals surface area contributed by atoms with Crippen molar-refractivity contribution in [3.63, 3.8) is 0 Å². The van der Waals surface area contributed by atoms with Crippen LogP contribution in [-0.2, 0) is 17.0 Å². The van der Waals surface area contributed by atoms with E-state index < -0.39 is 0 Å². The number of H-pyrrole nitrogens is 1. The number of benzene rings is 2. The number of amides is 1. The van der Waals surface area contributed by atoms with E-state index in [9.17, 15) is 9.59 Å². The third kappa shape index (κ3) is 5.27. The number of hydrogen-bond donors (Lipinski definition) is 2. The molecule has 3 aromatic rings. The molecule has 0 atom stereocenters. The molecule has 0 aliphatic carbocycles. The van der Waals surface area contributed by atoms with Crippen molar-refractivity contribution >= 4 is 35.1 Å². The van der Waals surface area contributed by atoms with Crippen molar-refractivity contribution < 1.29 is 4.79 Å². The number of nitrogens with zero attached hydrogens (tertiary/aromatic N) is 1. The van der Waals surface area contributed by atoms with Crippen molar-refractivity contribution in [2.75, 3.05) is 11.6 Å². The first-order chi connectivity index (χ1) is 13.6. The standard InChI is InChI=1S/C21H21N3O2S2/c1-14-16(12-19(25)23-17-10-6-7-11-18(17)27-2)20(26)24-21(22-14)28-13-15-8-4-3-5-9-15/h3-11H,12-13H2,1-2H3,(H,23,25)(H,22,24,26). The lowest BCUT2D eigenvalue weighted by molar-refractivity contribution is -0.115. The molecule has 1 amide bonds. The minimum Gasteiger partial charge on any atom is -0.325 e. The summed E-state index contributed by atoms with van der Waals surface area (Å²) in [7, 11) is 0. The predicted octanol–water partition coefficient (Wildman–Crippen LogP) is 4.27. The molecule has 0 bridgehead atoms. The maximum atomic E-state index is 12.5. The number of aromatic amines is 1. The highest BCUT2D eigenvalue weighted by atomic mass is 32.2. The first-order valence-electron chi connectivity index (χ1n) is 8.76. The van der Waals surface area contributed by atoms with Gasteiger partial charge in [-0.05, 0) is 30.9 Å². The summed E-state index contributed by atoms with van der Waals surface area (Å²) in [5, 5.41) is 3.44. The Bertz CT molecular complexity index is 1020. The molecule has 144 valence electrons. The Kier molecular flexibility index (Phi) is 6.95. The second-order valence-corrected chi connectivity index (χ2v) is 7.95. The van der Waals surface area contributed by atoms with Crippen LogP contribution >= 0.6 is 23.5 Å². The zero-order valence-electron chi connectivity index (χ0n) is 15.7. The lowest BCUT2D eigenvalue weighted by Crippen LogP contribution is -2.24. The molecular formula is C21H21N3O2S2. The smallest absolute Gasteiger partial charge is 0.255 e. The van der Waals surface area contributed by atoms with Gasteiger partial charge in [0.1, 0.15) is 0 Å². The Balaban J connectivity index is 1.69. The van der Waals surface area contributed by atoms with Crippen molar-refractivity contribution in [2.24, 2.45) is 0 Å². The van der Waals surface area contributed by atoms with E-state index in [1.807, 2.05) is 60.9 Å². The summed E-state index contributed by atoms with van der Waals surface area (Å²) in [5.74, 6) is 0.482. The van der Waals surface area contributed by atoms with E-state index in [2.05, 4.69) is 15.3 Å². The van der Waals surface area contributed by atoms with Crippen LogP contribution in [0.3, 0.4) is 0 Å². The zero-order valence-corrected chi connectivity index (χ0v) is 17.3. The van der Waals surface area contributed by atoms with E-state index in [1.165, 1.54) is 11.8 Å². The number of anilines is 1. The fraction of sp³-hybridized carbons (Fsp3) is 0.190. The molecule has 1 heterocycles. The molecule has 0 aliphatic rings. The van der Waals surface area contributed by atoms with Gasteiger partial charge < -0.3 is 10.3 Å². The van der Waals surface area contributed by atoms with Crippen molar-refractivity contribution in [1.29, 1.82) is 0 Å². The number of carbonyl (C=O) groups is 1. The van der Waals surface area contributed by atoms with Crippen LogP contribution in [-0.4, -0.2) is 22.1 Å². The summed E-state index contributed by atoms with van der Waals surface area (Å²) in [6, 6.07) is 17.6. The van der Waals surface area contributed by atoms with E-state index in [0.717, 1.165) is 16.1 Å². The minimum atomic E-state index is -0.267. The molecular weight excluding hydrogens is 390 g/mol. The Morgan fingerprint density at radius 1 is 1.11 bits per heavy atom. The molecule has 1 aromatic heterocycles. The fourth-order valence-corrected chi connectivity index (χ4v) is 4.11. The second-order valence-electron chi connectivity index (χ2n) is 6.13. The molecule has 0 saturated heterocycles. The van der Waals surface area contributed by atoms with Gasteiger partial charge in [0.25, 0.3) is 5.56 Å². The van der Waals surface area contributed by atoms with Crippen LogP contribution in [0, 0.1) is 6.92 Å². The summed E-state index contributed by atoms with van der Waals surface area (Å²) in [6.07, 6.45) is 1.94. The lowest BCUT2D eigenvalue weighted by atomic mass is 10.1. The van der Waals surface area contributed by atoms with Crippen molar-refractivity contribution in [3.05, 3.63) is 81.8 Å². The van der Waals surface area contributed by atoms with Gasteiger partial charge in [0, 0.05) is 21.9 Å². The number of rotatable bonds is 7. The van der Waals surface area contributed by atoms with Gasteiger partial charge in [-0.1, -0.05) is 54.2 Å². The molecule has 28 heavy (non-hydrogen) atoms. The highest BCUT2D eigenvalue weighted by Crippen LogP contribution is 2.24. The summed E-state index contributed by atoms with van der Waals surface area (Å²) in [6.45, 7) is 1.76. The van der Waals surface area contributed by atoms with Crippen LogP contribution in [0.15, 0.2) is 69.4 Å². The van der Waals surface area contributed by atoms with Crippen molar-refractivity contribution in [1.82, 2.24) is 9.97 Å². The number of thioether (sulfide) groups is 2. The normalized spacial score (nSPS) is 10.6. The number of carbonyl (C=O) groups excluding carboxylic acids is 1. The predicted molar refractivity (Wildman–Crippen MR) is 116 cm³/mol. The average Bonchev–Trinajstić information content (AvgIpc) is 2.70. The minimum absolute atomic E-state index is 0.0134. The maximum Gasteiger partial charge on any atom is 0.255 e. The number of aryl methyl sites for hydroxylation is 1. The first-order valence-corrected chi connectivity index (χ1v) is 11.0. The molecule has 5 nitrogen and oxygen atoms in total. The highest BCUT2D eigenvalue weighted by molar-refractivity contribution is 7.98. The van der Waals surface area contributed by atoms with Gasteiger partial charge in [-0.15, -0.1) is 11.8 Å². The molecule has 2 aromatic carbocycles. The molecule has 0 spiro atoms.